The van der Waals surface area contributed by atoms with E-state index in [9.17, 15) is 19.7 Å². The summed E-state index contributed by atoms with van der Waals surface area (Å²) >= 11 is 0. The average Bonchev–Trinajstić information content (AvgIpc) is 2.74. The van der Waals surface area contributed by atoms with Crippen LogP contribution < -0.4 is 10.1 Å². The molecule has 1 aliphatic heterocycles. The summed E-state index contributed by atoms with van der Waals surface area (Å²) < 4.78 is 5.48. The molecule has 1 fully saturated rings. The van der Waals surface area contributed by atoms with Crippen LogP contribution in [0.4, 0.5) is 11.4 Å². The number of nitrogens with zero attached hydrogens (tertiary/aromatic N) is 2. The maximum absolute atomic E-state index is 12.6. The van der Waals surface area contributed by atoms with Crippen LogP contribution in [0.2, 0.25) is 0 Å². The van der Waals surface area contributed by atoms with Crippen LogP contribution in [-0.4, -0.2) is 40.8 Å². The molecule has 1 N–H and O–H groups in total. The normalized spacial score (nSPS) is 15.3. The summed E-state index contributed by atoms with van der Waals surface area (Å²) in [6.07, 6.45) is 1.08. The molecule has 2 aromatic carbocycles. The van der Waals surface area contributed by atoms with Gasteiger partial charge in [-0.1, -0.05) is 19.1 Å². The van der Waals surface area contributed by atoms with Crippen LogP contribution >= 0.6 is 0 Å². The monoisotopic (exact) mass is 411 g/mol. The number of benzene rings is 2. The number of anilines is 1. The Morgan fingerprint density at radius 3 is 2.40 bits per heavy atom. The van der Waals surface area contributed by atoms with E-state index in [0.717, 1.165) is 25.9 Å². The minimum atomic E-state index is -0.942. The fourth-order valence-corrected chi connectivity index (χ4v) is 3.29. The van der Waals surface area contributed by atoms with Crippen molar-refractivity contribution in [3.8, 4) is 5.75 Å². The fraction of sp³-hybridized carbons (Fsp3) is 0.364. The van der Waals surface area contributed by atoms with Crippen molar-refractivity contribution in [2.45, 2.75) is 32.8 Å². The first-order chi connectivity index (χ1) is 14.3. The SMILES string of the molecule is CC1CCN(C(=O)c2ccc(NC(=O)C(C)Oc3ccccc3[N+](=O)[O-])cc2)CC1. The summed E-state index contributed by atoms with van der Waals surface area (Å²) in [6.45, 7) is 5.24. The van der Waals surface area contributed by atoms with Crippen LogP contribution in [0.3, 0.4) is 0 Å². The molecule has 1 heterocycles. The first kappa shape index (κ1) is 21.3. The maximum Gasteiger partial charge on any atom is 0.310 e. The van der Waals surface area contributed by atoms with Crippen molar-refractivity contribution in [3.63, 3.8) is 0 Å². The Morgan fingerprint density at radius 1 is 1.13 bits per heavy atom. The van der Waals surface area contributed by atoms with Gasteiger partial charge in [-0.05, 0) is 56.0 Å². The fourth-order valence-electron chi connectivity index (χ4n) is 3.29. The van der Waals surface area contributed by atoms with E-state index in [-0.39, 0.29) is 17.3 Å². The highest BCUT2D eigenvalue weighted by Crippen LogP contribution is 2.27. The van der Waals surface area contributed by atoms with Gasteiger partial charge in [0, 0.05) is 30.4 Å². The van der Waals surface area contributed by atoms with Crippen LogP contribution in [0.5, 0.6) is 5.75 Å². The molecule has 1 atom stereocenters. The van der Waals surface area contributed by atoms with Gasteiger partial charge in [0.15, 0.2) is 11.9 Å². The van der Waals surface area contributed by atoms with Gasteiger partial charge in [-0.3, -0.25) is 19.7 Å². The number of hydrogen-bond donors (Lipinski definition) is 1. The highest BCUT2D eigenvalue weighted by atomic mass is 16.6. The molecule has 1 unspecified atom stereocenters. The predicted molar refractivity (Wildman–Crippen MR) is 113 cm³/mol. The number of carbonyl (C=O) groups excluding carboxylic acids is 2. The molecule has 1 saturated heterocycles. The molecule has 3 rings (SSSR count). The average molecular weight is 411 g/mol. The van der Waals surface area contributed by atoms with Gasteiger partial charge in [-0.25, -0.2) is 0 Å². The Bertz CT molecular complexity index is 921. The first-order valence-corrected chi connectivity index (χ1v) is 9.95. The van der Waals surface area contributed by atoms with E-state index in [1.807, 2.05) is 4.90 Å². The van der Waals surface area contributed by atoms with Crippen molar-refractivity contribution in [2.24, 2.45) is 5.92 Å². The van der Waals surface area contributed by atoms with Gasteiger partial charge in [0.05, 0.1) is 4.92 Å². The van der Waals surface area contributed by atoms with E-state index in [1.165, 1.54) is 25.1 Å². The summed E-state index contributed by atoms with van der Waals surface area (Å²) in [5.41, 5.74) is 0.890. The van der Waals surface area contributed by atoms with Crippen LogP contribution in [0.1, 0.15) is 37.0 Å². The van der Waals surface area contributed by atoms with Gasteiger partial charge in [-0.2, -0.15) is 0 Å². The Labute approximate surface area is 175 Å². The first-order valence-electron chi connectivity index (χ1n) is 9.95. The van der Waals surface area contributed by atoms with E-state index in [1.54, 1.807) is 30.3 Å². The number of amides is 2. The number of hydrogen-bond acceptors (Lipinski definition) is 5. The number of ether oxygens (including phenoxy) is 1. The molecule has 2 amide bonds. The molecule has 0 saturated carbocycles. The standard InChI is InChI=1S/C22H25N3O5/c1-15-11-13-24(14-12-15)22(27)17-7-9-18(10-8-17)23-21(26)16(2)30-20-6-4-3-5-19(20)25(28)29/h3-10,15-16H,11-14H2,1-2H3,(H,23,26). The van der Waals surface area contributed by atoms with Crippen LogP contribution in [-0.2, 0) is 4.79 Å². The van der Waals surface area contributed by atoms with Crippen molar-refractivity contribution >= 4 is 23.2 Å². The van der Waals surface area contributed by atoms with E-state index >= 15 is 0 Å². The number of nitro benzene ring substituents is 1. The molecule has 0 bridgehead atoms. The molecule has 0 aliphatic carbocycles. The van der Waals surface area contributed by atoms with Crippen LogP contribution in [0, 0.1) is 16.0 Å². The number of piperidine rings is 1. The van der Waals surface area contributed by atoms with Gasteiger partial charge >= 0.3 is 5.69 Å². The third-order valence-corrected chi connectivity index (χ3v) is 5.21. The van der Waals surface area contributed by atoms with E-state index in [2.05, 4.69) is 12.2 Å². The van der Waals surface area contributed by atoms with Crippen LogP contribution in [0.15, 0.2) is 48.5 Å². The molecule has 8 nitrogen and oxygen atoms in total. The minimum Gasteiger partial charge on any atom is -0.474 e. The molecular formula is C22H25N3O5. The number of carbonyl (C=O) groups is 2. The summed E-state index contributed by atoms with van der Waals surface area (Å²) in [6, 6.07) is 12.6. The Kier molecular flexibility index (Phi) is 6.66. The molecule has 0 aromatic heterocycles. The zero-order valence-corrected chi connectivity index (χ0v) is 17.0. The highest BCUT2D eigenvalue weighted by Gasteiger charge is 2.22. The highest BCUT2D eigenvalue weighted by molar-refractivity contribution is 5.97. The largest absolute Gasteiger partial charge is 0.474 e. The molecule has 0 radical (unpaired) electrons. The third-order valence-electron chi connectivity index (χ3n) is 5.21. The Hall–Kier alpha value is -3.42. The number of rotatable bonds is 6. The lowest BCUT2D eigenvalue weighted by atomic mass is 9.98. The Balaban J connectivity index is 1.59. The van der Waals surface area contributed by atoms with Crippen molar-refractivity contribution in [3.05, 3.63) is 64.2 Å². The van der Waals surface area contributed by atoms with Crippen molar-refractivity contribution in [1.82, 2.24) is 4.90 Å². The number of para-hydroxylation sites is 2. The second-order valence-electron chi connectivity index (χ2n) is 7.53. The lowest BCUT2D eigenvalue weighted by Crippen LogP contribution is -2.37. The van der Waals surface area contributed by atoms with E-state index in [0.29, 0.717) is 17.2 Å². The second kappa shape index (κ2) is 9.39. The van der Waals surface area contributed by atoms with Crippen LogP contribution in [0.25, 0.3) is 0 Å². The number of likely N-dealkylation sites (tertiary alicyclic amines) is 1. The summed E-state index contributed by atoms with van der Waals surface area (Å²) in [7, 11) is 0. The van der Waals surface area contributed by atoms with E-state index < -0.39 is 16.9 Å². The topological polar surface area (TPSA) is 102 Å². The molecule has 0 spiro atoms. The van der Waals surface area contributed by atoms with Crippen molar-refractivity contribution in [2.75, 3.05) is 18.4 Å². The molecular weight excluding hydrogens is 386 g/mol. The number of nitrogens with one attached hydrogen (secondary N) is 1. The smallest absolute Gasteiger partial charge is 0.310 e. The summed E-state index contributed by atoms with van der Waals surface area (Å²) in [5.74, 6) is 0.222. The Morgan fingerprint density at radius 2 is 1.77 bits per heavy atom. The predicted octanol–water partition coefficient (Wildman–Crippen LogP) is 3.87. The van der Waals surface area contributed by atoms with Crippen molar-refractivity contribution in [1.29, 1.82) is 0 Å². The molecule has 30 heavy (non-hydrogen) atoms. The molecule has 158 valence electrons. The summed E-state index contributed by atoms with van der Waals surface area (Å²) in [5, 5.41) is 13.8. The summed E-state index contributed by atoms with van der Waals surface area (Å²) in [4.78, 5) is 37.4. The minimum absolute atomic E-state index is 0.00661. The lowest BCUT2D eigenvalue weighted by Gasteiger charge is -2.30. The molecule has 1 aliphatic rings. The molecule has 8 heteroatoms. The zero-order chi connectivity index (χ0) is 21.7. The zero-order valence-electron chi connectivity index (χ0n) is 17.0. The lowest BCUT2D eigenvalue weighted by molar-refractivity contribution is -0.386. The molecule has 2 aromatic rings. The van der Waals surface area contributed by atoms with E-state index in [4.69, 9.17) is 4.74 Å². The van der Waals surface area contributed by atoms with Crippen molar-refractivity contribution < 1.29 is 19.2 Å². The van der Waals surface area contributed by atoms with Gasteiger partial charge in [0.1, 0.15) is 0 Å². The van der Waals surface area contributed by atoms with Gasteiger partial charge < -0.3 is 15.0 Å². The quantitative estimate of drug-likeness (QED) is 0.574. The third kappa shape index (κ3) is 5.14. The van der Waals surface area contributed by atoms with Gasteiger partial charge in [0.2, 0.25) is 0 Å². The number of nitro groups is 1. The van der Waals surface area contributed by atoms with Gasteiger partial charge in [0.25, 0.3) is 11.8 Å². The second-order valence-corrected chi connectivity index (χ2v) is 7.53. The van der Waals surface area contributed by atoms with Gasteiger partial charge in [-0.15, -0.1) is 0 Å². The maximum atomic E-state index is 12.6.